The third-order valence-corrected chi connectivity index (χ3v) is 7.38. The van der Waals surface area contributed by atoms with Crippen LogP contribution in [0.25, 0.3) is 16.9 Å². The third-order valence-electron chi connectivity index (χ3n) is 7.08. The number of methoxy groups -OCH3 is 2. The van der Waals surface area contributed by atoms with E-state index in [1.807, 2.05) is 35.1 Å². The Morgan fingerprint density at radius 3 is 2.37 bits per heavy atom. The number of hydrogen-bond donors (Lipinski definition) is 0. The van der Waals surface area contributed by atoms with Crippen molar-refractivity contribution < 1.29 is 14.2 Å². The molecule has 0 amide bonds. The second kappa shape index (κ2) is 10.5. The highest BCUT2D eigenvalue weighted by atomic mass is 35.5. The number of fused-ring (bicyclic) bond motifs is 1. The zero-order chi connectivity index (χ0) is 26.1. The second-order valence-electron chi connectivity index (χ2n) is 9.25. The quantitative estimate of drug-likeness (QED) is 0.367. The topological polar surface area (TPSA) is 80.5 Å². The van der Waals surface area contributed by atoms with Gasteiger partial charge in [0.1, 0.15) is 23.0 Å². The number of hydrogen-bond acceptors (Lipinski definition) is 9. The van der Waals surface area contributed by atoms with Gasteiger partial charge in [-0.25, -0.2) is 9.97 Å². The Balaban J connectivity index is 1.17. The Labute approximate surface area is 226 Å². The van der Waals surface area contributed by atoms with Crippen molar-refractivity contribution in [3.05, 3.63) is 53.9 Å². The van der Waals surface area contributed by atoms with Crippen LogP contribution in [-0.2, 0) is 4.74 Å². The molecule has 10 nitrogen and oxygen atoms in total. The first-order valence-corrected chi connectivity index (χ1v) is 13.1. The average Bonchev–Trinajstić information content (AvgIpc) is 3.41. The molecule has 3 aromatic heterocycles. The van der Waals surface area contributed by atoms with Crippen molar-refractivity contribution in [3.63, 3.8) is 0 Å². The van der Waals surface area contributed by atoms with E-state index in [2.05, 4.69) is 31.8 Å². The van der Waals surface area contributed by atoms with Crippen LogP contribution in [0.5, 0.6) is 11.5 Å². The molecule has 2 saturated heterocycles. The van der Waals surface area contributed by atoms with Crippen LogP contribution in [0.1, 0.15) is 0 Å². The maximum absolute atomic E-state index is 6.40. The molecule has 0 atom stereocenters. The fourth-order valence-corrected chi connectivity index (χ4v) is 5.22. The Morgan fingerprint density at radius 2 is 1.61 bits per heavy atom. The number of halogens is 1. The van der Waals surface area contributed by atoms with Gasteiger partial charge < -0.3 is 33.3 Å². The maximum Gasteiger partial charge on any atom is 0.227 e. The lowest BCUT2D eigenvalue weighted by Gasteiger charge is -2.36. The summed E-state index contributed by atoms with van der Waals surface area (Å²) in [6.07, 6.45) is 5.88. The predicted octanol–water partition coefficient (Wildman–Crippen LogP) is 3.63. The summed E-state index contributed by atoms with van der Waals surface area (Å²) in [5.74, 6) is 2.98. The van der Waals surface area contributed by atoms with E-state index in [0.29, 0.717) is 16.5 Å². The molecular weight excluding hydrogens is 506 g/mol. The Kier molecular flexibility index (Phi) is 6.82. The van der Waals surface area contributed by atoms with Crippen LogP contribution < -0.4 is 24.2 Å². The summed E-state index contributed by atoms with van der Waals surface area (Å²) in [4.78, 5) is 21.2. The van der Waals surface area contributed by atoms with Crippen molar-refractivity contribution >= 4 is 34.7 Å². The Bertz CT molecular complexity index is 1430. The van der Waals surface area contributed by atoms with Gasteiger partial charge >= 0.3 is 0 Å². The molecule has 0 N–H and O–H groups in total. The largest absolute Gasteiger partial charge is 0.496 e. The van der Waals surface area contributed by atoms with Crippen molar-refractivity contribution in [2.45, 2.75) is 0 Å². The SMILES string of the molecule is COc1cc(OC)c(-c2cn3ccc(N4CCN(c5nccc(N6CCOCC6)n5)CC4)cc3n2)cc1Cl. The molecule has 0 spiro atoms. The zero-order valence-electron chi connectivity index (χ0n) is 21.5. The van der Waals surface area contributed by atoms with Gasteiger partial charge in [0.25, 0.3) is 0 Å². The smallest absolute Gasteiger partial charge is 0.227 e. The lowest BCUT2D eigenvalue weighted by atomic mass is 10.1. The molecule has 0 aliphatic carbocycles. The predicted molar refractivity (Wildman–Crippen MR) is 148 cm³/mol. The second-order valence-corrected chi connectivity index (χ2v) is 9.66. The van der Waals surface area contributed by atoms with Gasteiger partial charge in [0.15, 0.2) is 0 Å². The van der Waals surface area contributed by atoms with E-state index >= 15 is 0 Å². The van der Waals surface area contributed by atoms with Crippen LogP contribution in [0.3, 0.4) is 0 Å². The van der Waals surface area contributed by atoms with E-state index in [1.54, 1.807) is 20.3 Å². The summed E-state index contributed by atoms with van der Waals surface area (Å²) >= 11 is 6.40. The first-order valence-electron chi connectivity index (χ1n) is 12.7. The molecule has 38 heavy (non-hydrogen) atoms. The van der Waals surface area contributed by atoms with Gasteiger partial charge in [-0.15, -0.1) is 0 Å². The molecule has 0 saturated carbocycles. The number of benzene rings is 1. The number of piperazine rings is 1. The minimum absolute atomic E-state index is 0.512. The Hall–Kier alpha value is -3.76. The molecule has 5 heterocycles. The van der Waals surface area contributed by atoms with Crippen molar-refractivity contribution in [1.29, 1.82) is 0 Å². The van der Waals surface area contributed by atoms with Crippen molar-refractivity contribution in [1.82, 2.24) is 19.4 Å². The van der Waals surface area contributed by atoms with Gasteiger partial charge in [0, 0.05) is 81.2 Å². The summed E-state index contributed by atoms with van der Waals surface area (Å²) in [7, 11) is 3.21. The third kappa shape index (κ3) is 4.77. The molecule has 11 heteroatoms. The van der Waals surface area contributed by atoms with E-state index in [9.17, 15) is 0 Å². The molecule has 1 aromatic carbocycles. The minimum atomic E-state index is 0.512. The molecule has 198 valence electrons. The molecule has 2 aliphatic heterocycles. The molecule has 4 aromatic rings. The van der Waals surface area contributed by atoms with E-state index in [-0.39, 0.29) is 0 Å². The van der Waals surface area contributed by atoms with Crippen LogP contribution in [-0.4, -0.2) is 86.1 Å². The first-order chi connectivity index (χ1) is 18.6. The van der Waals surface area contributed by atoms with Gasteiger partial charge in [-0.1, -0.05) is 11.6 Å². The number of rotatable bonds is 6. The van der Waals surface area contributed by atoms with E-state index in [4.69, 9.17) is 35.8 Å². The molecule has 2 aliphatic rings. The molecule has 0 radical (unpaired) electrons. The van der Waals surface area contributed by atoms with E-state index in [0.717, 1.165) is 86.8 Å². The van der Waals surface area contributed by atoms with Gasteiger partial charge in [0.05, 0.1) is 38.1 Å². The number of imidazole rings is 1. The Morgan fingerprint density at radius 1 is 0.842 bits per heavy atom. The number of anilines is 3. The maximum atomic E-state index is 6.40. The zero-order valence-corrected chi connectivity index (χ0v) is 22.3. The number of pyridine rings is 1. The summed E-state index contributed by atoms with van der Waals surface area (Å²) in [6, 6.07) is 9.84. The first kappa shape index (κ1) is 24.6. The molecule has 0 bridgehead atoms. The fourth-order valence-electron chi connectivity index (χ4n) is 4.98. The van der Waals surface area contributed by atoms with Gasteiger partial charge in [-0.05, 0) is 18.2 Å². The lowest BCUT2D eigenvalue weighted by Crippen LogP contribution is -2.47. The summed E-state index contributed by atoms with van der Waals surface area (Å²) < 4.78 is 18.4. The normalized spacial score (nSPS) is 16.2. The van der Waals surface area contributed by atoms with Crippen LogP contribution in [0.2, 0.25) is 5.02 Å². The summed E-state index contributed by atoms with van der Waals surface area (Å²) in [5, 5.41) is 0.512. The molecule has 6 rings (SSSR count). The standard InChI is InChI=1S/C27H30ClN7O3/c1-36-23-17-24(37-2)21(28)16-20(23)22-18-35-6-4-19(15-26(35)30-22)32-7-9-34(10-8-32)27-29-5-3-25(31-27)33-11-13-38-14-12-33/h3-6,15-18H,7-14H2,1-2H3. The highest BCUT2D eigenvalue weighted by Gasteiger charge is 2.22. The van der Waals surface area contributed by atoms with Gasteiger partial charge in [-0.3, -0.25) is 0 Å². The number of ether oxygens (including phenoxy) is 3. The summed E-state index contributed by atoms with van der Waals surface area (Å²) in [5.41, 5.74) is 3.59. The van der Waals surface area contributed by atoms with E-state index < -0.39 is 0 Å². The summed E-state index contributed by atoms with van der Waals surface area (Å²) in [6.45, 7) is 6.63. The monoisotopic (exact) mass is 535 g/mol. The van der Waals surface area contributed by atoms with Crippen molar-refractivity contribution in [3.8, 4) is 22.8 Å². The minimum Gasteiger partial charge on any atom is -0.496 e. The van der Waals surface area contributed by atoms with Crippen LogP contribution in [0.4, 0.5) is 17.5 Å². The lowest BCUT2D eigenvalue weighted by molar-refractivity contribution is 0.122. The highest BCUT2D eigenvalue weighted by molar-refractivity contribution is 6.32. The number of morpholine rings is 1. The van der Waals surface area contributed by atoms with Gasteiger partial charge in [0.2, 0.25) is 5.95 Å². The van der Waals surface area contributed by atoms with Crippen molar-refractivity contribution in [2.24, 2.45) is 0 Å². The van der Waals surface area contributed by atoms with Gasteiger partial charge in [-0.2, -0.15) is 4.98 Å². The highest BCUT2D eigenvalue weighted by Crippen LogP contribution is 2.38. The molecule has 0 unspecified atom stereocenters. The van der Waals surface area contributed by atoms with Crippen LogP contribution >= 0.6 is 11.6 Å². The fraction of sp³-hybridized carbons (Fsp3) is 0.370. The molecule has 2 fully saturated rings. The van der Waals surface area contributed by atoms with Crippen LogP contribution in [0, 0.1) is 0 Å². The number of aromatic nitrogens is 4. The van der Waals surface area contributed by atoms with E-state index in [1.165, 1.54) is 0 Å². The number of nitrogens with zero attached hydrogens (tertiary/aromatic N) is 7. The van der Waals surface area contributed by atoms with Crippen molar-refractivity contribution in [2.75, 3.05) is 81.4 Å². The molecular formula is C27H30ClN7O3. The average molecular weight is 536 g/mol. The van der Waals surface area contributed by atoms with Crippen LogP contribution in [0.15, 0.2) is 48.9 Å².